The maximum Gasteiger partial charge on any atom is 0.123 e. The summed E-state index contributed by atoms with van der Waals surface area (Å²) < 4.78 is 5.72. The van der Waals surface area contributed by atoms with Crippen molar-refractivity contribution < 1.29 is 4.42 Å². The molecule has 0 saturated carbocycles. The highest BCUT2D eigenvalue weighted by atomic mass is 16.3. The standard InChI is InChI=1S/C18H24N2O/c1-2-17-8-9-18(21-17)13-19-16-7-5-6-15(12-16)14-20-10-3-4-11-20/h5-9,12,19H,2-4,10-11,13-14H2,1H3. The first kappa shape index (κ1) is 14.2. The number of anilines is 1. The van der Waals surface area contributed by atoms with Crippen LogP contribution in [0.2, 0.25) is 0 Å². The number of nitrogens with one attached hydrogen (secondary N) is 1. The molecule has 3 nitrogen and oxygen atoms in total. The molecule has 2 aromatic rings. The quantitative estimate of drug-likeness (QED) is 0.867. The Morgan fingerprint density at radius 1 is 1.10 bits per heavy atom. The summed E-state index contributed by atoms with van der Waals surface area (Å²) in [7, 11) is 0. The van der Waals surface area contributed by atoms with Gasteiger partial charge in [-0.05, 0) is 55.8 Å². The Balaban J connectivity index is 1.57. The molecular weight excluding hydrogens is 260 g/mol. The summed E-state index contributed by atoms with van der Waals surface area (Å²) in [4.78, 5) is 2.53. The van der Waals surface area contributed by atoms with E-state index in [9.17, 15) is 0 Å². The fourth-order valence-electron chi connectivity index (χ4n) is 2.88. The zero-order valence-electron chi connectivity index (χ0n) is 12.8. The van der Waals surface area contributed by atoms with Crippen molar-refractivity contribution in [3.63, 3.8) is 0 Å². The molecule has 112 valence electrons. The van der Waals surface area contributed by atoms with Crippen molar-refractivity contribution in [2.24, 2.45) is 0 Å². The summed E-state index contributed by atoms with van der Waals surface area (Å²) in [5, 5.41) is 3.45. The minimum atomic E-state index is 0.743. The molecule has 0 atom stereocenters. The third-order valence-corrected chi connectivity index (χ3v) is 4.06. The second-order valence-corrected chi connectivity index (χ2v) is 5.76. The second kappa shape index (κ2) is 6.81. The van der Waals surface area contributed by atoms with Crippen LogP contribution in [0, 0.1) is 0 Å². The van der Waals surface area contributed by atoms with Gasteiger partial charge in [0.2, 0.25) is 0 Å². The predicted octanol–water partition coefficient (Wildman–Crippen LogP) is 4.05. The molecule has 1 N–H and O–H groups in total. The number of rotatable bonds is 6. The maximum atomic E-state index is 5.72. The number of aryl methyl sites for hydroxylation is 1. The maximum absolute atomic E-state index is 5.72. The average Bonchev–Trinajstić information content (AvgIpc) is 3.17. The molecule has 2 heterocycles. The summed E-state index contributed by atoms with van der Waals surface area (Å²) in [6.45, 7) is 6.40. The van der Waals surface area contributed by atoms with E-state index in [-0.39, 0.29) is 0 Å². The molecule has 0 unspecified atom stereocenters. The van der Waals surface area contributed by atoms with Crippen LogP contribution in [0.4, 0.5) is 5.69 Å². The molecule has 0 radical (unpaired) electrons. The Morgan fingerprint density at radius 3 is 2.67 bits per heavy atom. The van der Waals surface area contributed by atoms with Gasteiger partial charge in [0.15, 0.2) is 0 Å². The number of benzene rings is 1. The Bertz CT molecular complexity index is 570. The van der Waals surface area contributed by atoms with E-state index in [1.807, 2.05) is 0 Å². The molecule has 0 bridgehead atoms. The molecule has 0 aliphatic carbocycles. The first-order valence-electron chi connectivity index (χ1n) is 7.96. The van der Waals surface area contributed by atoms with Gasteiger partial charge in [-0.15, -0.1) is 0 Å². The van der Waals surface area contributed by atoms with E-state index in [2.05, 4.69) is 53.5 Å². The van der Waals surface area contributed by atoms with Crippen LogP contribution in [0.5, 0.6) is 0 Å². The molecule has 3 rings (SSSR count). The lowest BCUT2D eigenvalue weighted by molar-refractivity contribution is 0.331. The van der Waals surface area contributed by atoms with Crippen LogP contribution in [0.3, 0.4) is 0 Å². The van der Waals surface area contributed by atoms with Crippen molar-refractivity contribution >= 4 is 5.69 Å². The van der Waals surface area contributed by atoms with E-state index in [0.29, 0.717) is 0 Å². The van der Waals surface area contributed by atoms with Gasteiger partial charge >= 0.3 is 0 Å². The first-order valence-corrected chi connectivity index (χ1v) is 7.96. The van der Waals surface area contributed by atoms with Crippen LogP contribution in [0.15, 0.2) is 40.8 Å². The van der Waals surface area contributed by atoms with Gasteiger partial charge < -0.3 is 9.73 Å². The normalized spacial score (nSPS) is 15.5. The highest BCUT2D eigenvalue weighted by Gasteiger charge is 2.11. The lowest BCUT2D eigenvalue weighted by Gasteiger charge is -2.15. The van der Waals surface area contributed by atoms with Gasteiger partial charge in [0, 0.05) is 18.7 Å². The molecule has 1 aliphatic heterocycles. The SMILES string of the molecule is CCc1ccc(CNc2cccc(CN3CCCC3)c2)o1. The van der Waals surface area contributed by atoms with Gasteiger partial charge in [0.05, 0.1) is 6.54 Å². The fraction of sp³-hybridized carbons (Fsp3) is 0.444. The van der Waals surface area contributed by atoms with Crippen molar-refractivity contribution in [1.29, 1.82) is 0 Å². The van der Waals surface area contributed by atoms with Crippen molar-refractivity contribution in [1.82, 2.24) is 4.90 Å². The minimum absolute atomic E-state index is 0.743. The topological polar surface area (TPSA) is 28.4 Å². The van der Waals surface area contributed by atoms with Crippen molar-refractivity contribution in [3.8, 4) is 0 Å². The molecule has 1 saturated heterocycles. The molecule has 3 heteroatoms. The van der Waals surface area contributed by atoms with Gasteiger partial charge in [-0.1, -0.05) is 19.1 Å². The summed E-state index contributed by atoms with van der Waals surface area (Å²) in [6, 6.07) is 12.8. The van der Waals surface area contributed by atoms with E-state index in [1.165, 1.54) is 37.2 Å². The smallest absolute Gasteiger partial charge is 0.123 e. The minimum Gasteiger partial charge on any atom is -0.464 e. The molecule has 1 aromatic carbocycles. The fourth-order valence-corrected chi connectivity index (χ4v) is 2.88. The first-order chi connectivity index (χ1) is 10.3. The largest absolute Gasteiger partial charge is 0.464 e. The summed E-state index contributed by atoms with van der Waals surface area (Å²) in [6.07, 6.45) is 3.64. The summed E-state index contributed by atoms with van der Waals surface area (Å²) in [5.74, 6) is 2.05. The number of hydrogen-bond acceptors (Lipinski definition) is 3. The van der Waals surface area contributed by atoms with Gasteiger partial charge in [0.1, 0.15) is 11.5 Å². The molecule has 1 fully saturated rings. The monoisotopic (exact) mass is 284 g/mol. The Hall–Kier alpha value is -1.74. The summed E-state index contributed by atoms with van der Waals surface area (Å²) >= 11 is 0. The zero-order valence-corrected chi connectivity index (χ0v) is 12.8. The van der Waals surface area contributed by atoms with E-state index in [1.54, 1.807) is 0 Å². The third-order valence-electron chi connectivity index (χ3n) is 4.06. The average molecular weight is 284 g/mol. The lowest BCUT2D eigenvalue weighted by Crippen LogP contribution is -2.18. The Morgan fingerprint density at radius 2 is 1.90 bits per heavy atom. The van der Waals surface area contributed by atoms with Gasteiger partial charge in [-0.25, -0.2) is 0 Å². The van der Waals surface area contributed by atoms with Crippen LogP contribution in [-0.4, -0.2) is 18.0 Å². The lowest BCUT2D eigenvalue weighted by atomic mass is 10.2. The number of hydrogen-bond donors (Lipinski definition) is 1. The van der Waals surface area contributed by atoms with Crippen LogP contribution < -0.4 is 5.32 Å². The van der Waals surface area contributed by atoms with E-state index in [4.69, 9.17) is 4.42 Å². The van der Waals surface area contributed by atoms with Crippen molar-refractivity contribution in [3.05, 3.63) is 53.5 Å². The molecule has 0 amide bonds. The molecule has 0 spiro atoms. The predicted molar refractivity (Wildman–Crippen MR) is 86.4 cm³/mol. The third kappa shape index (κ3) is 3.88. The van der Waals surface area contributed by atoms with Gasteiger partial charge in [-0.3, -0.25) is 4.90 Å². The van der Waals surface area contributed by atoms with Crippen LogP contribution in [-0.2, 0) is 19.5 Å². The number of furan rings is 1. The van der Waals surface area contributed by atoms with Crippen molar-refractivity contribution in [2.45, 2.75) is 39.3 Å². The molecule has 1 aromatic heterocycles. The molecular formula is C18H24N2O. The Kier molecular flexibility index (Phi) is 4.61. The number of nitrogens with zero attached hydrogens (tertiary/aromatic N) is 1. The van der Waals surface area contributed by atoms with Crippen molar-refractivity contribution in [2.75, 3.05) is 18.4 Å². The second-order valence-electron chi connectivity index (χ2n) is 5.76. The van der Waals surface area contributed by atoms with Crippen LogP contribution in [0.25, 0.3) is 0 Å². The highest BCUT2D eigenvalue weighted by Crippen LogP contribution is 2.17. The zero-order chi connectivity index (χ0) is 14.5. The van der Waals surface area contributed by atoms with E-state index < -0.39 is 0 Å². The van der Waals surface area contributed by atoms with E-state index >= 15 is 0 Å². The summed E-state index contributed by atoms with van der Waals surface area (Å²) in [5.41, 5.74) is 2.55. The molecule has 21 heavy (non-hydrogen) atoms. The van der Waals surface area contributed by atoms with Gasteiger partial charge in [-0.2, -0.15) is 0 Å². The number of likely N-dealkylation sites (tertiary alicyclic amines) is 1. The van der Waals surface area contributed by atoms with Crippen LogP contribution >= 0.6 is 0 Å². The van der Waals surface area contributed by atoms with Crippen LogP contribution in [0.1, 0.15) is 36.8 Å². The van der Waals surface area contributed by atoms with Gasteiger partial charge in [0.25, 0.3) is 0 Å². The highest BCUT2D eigenvalue weighted by molar-refractivity contribution is 5.45. The van der Waals surface area contributed by atoms with E-state index in [0.717, 1.165) is 31.0 Å². The molecule has 1 aliphatic rings. The Labute approximate surface area is 127 Å².